The Balaban J connectivity index is 1.71. The summed E-state index contributed by atoms with van der Waals surface area (Å²) in [5, 5.41) is 3.85. The number of hydrogen-bond acceptors (Lipinski definition) is 4. The smallest absolute Gasteiger partial charge is 0.211 e. The lowest BCUT2D eigenvalue weighted by molar-refractivity contribution is 0.280. The Morgan fingerprint density at radius 1 is 1.12 bits per heavy atom. The summed E-state index contributed by atoms with van der Waals surface area (Å²) in [5.74, 6) is -0.173. The van der Waals surface area contributed by atoms with Crippen molar-refractivity contribution in [2.75, 3.05) is 13.2 Å². The van der Waals surface area contributed by atoms with Crippen LogP contribution in [0.25, 0.3) is 10.9 Å². The molecule has 4 rings (SSSR count). The molecule has 0 saturated carbocycles. The van der Waals surface area contributed by atoms with Crippen LogP contribution in [0.4, 0.5) is 4.39 Å². The molecule has 3 aromatic rings. The van der Waals surface area contributed by atoms with Gasteiger partial charge in [-0.15, -0.1) is 0 Å². The van der Waals surface area contributed by atoms with Crippen molar-refractivity contribution in [2.45, 2.75) is 28.7 Å². The molecule has 0 spiro atoms. The van der Waals surface area contributed by atoms with Gasteiger partial charge >= 0.3 is 0 Å². The zero-order valence-corrected chi connectivity index (χ0v) is 14.9. The van der Waals surface area contributed by atoms with E-state index in [-0.39, 0.29) is 9.79 Å². The molecule has 1 aromatic heterocycles. The molecule has 2 heterocycles. The van der Waals surface area contributed by atoms with Crippen LogP contribution in [0.15, 0.2) is 58.5 Å². The third-order valence-corrected chi connectivity index (χ3v) is 6.48. The number of ether oxygens (including phenoxy) is 1. The average Bonchev–Trinajstić information content (AvgIpc) is 3.30. The number of fused-ring (bicyclic) bond motifs is 1. The fourth-order valence-corrected chi connectivity index (χ4v) is 4.81. The molecule has 0 aliphatic carbocycles. The van der Waals surface area contributed by atoms with Gasteiger partial charge in [0, 0.05) is 17.6 Å². The van der Waals surface area contributed by atoms with E-state index < -0.39 is 15.7 Å². The minimum atomic E-state index is -3.97. The summed E-state index contributed by atoms with van der Waals surface area (Å²) >= 11 is 0. The maximum atomic E-state index is 14.0. The maximum Gasteiger partial charge on any atom is 0.211 e. The Labute approximate surface area is 151 Å². The second kappa shape index (κ2) is 6.74. The second-order valence-electron chi connectivity index (χ2n) is 6.37. The standard InChI is InChI=1S/C19H19FN2O3S/c20-15-7-1-2-9-17(15)26(23,24)18-11-22-19-14(18)6-3-8-16(19)25-12-13-5-4-10-21-13/h1-3,6-9,11,13,21-22H,4-5,10,12H2. The molecule has 0 amide bonds. The highest BCUT2D eigenvalue weighted by Gasteiger charge is 2.25. The van der Waals surface area contributed by atoms with Gasteiger partial charge in [0.1, 0.15) is 23.1 Å². The molecule has 1 fully saturated rings. The predicted octanol–water partition coefficient (Wildman–Crippen LogP) is 3.27. The van der Waals surface area contributed by atoms with Crippen LogP contribution in [0.2, 0.25) is 0 Å². The van der Waals surface area contributed by atoms with Gasteiger partial charge in [0.2, 0.25) is 9.84 Å². The number of nitrogens with one attached hydrogen (secondary N) is 2. The molecule has 5 nitrogen and oxygen atoms in total. The molecule has 1 aliphatic rings. The highest BCUT2D eigenvalue weighted by atomic mass is 32.2. The van der Waals surface area contributed by atoms with Gasteiger partial charge in [-0.3, -0.25) is 0 Å². The van der Waals surface area contributed by atoms with Crippen LogP contribution < -0.4 is 10.1 Å². The first kappa shape index (κ1) is 17.1. The summed E-state index contributed by atoms with van der Waals surface area (Å²) in [6.45, 7) is 1.51. The quantitative estimate of drug-likeness (QED) is 0.719. The third-order valence-electron chi connectivity index (χ3n) is 4.66. The topological polar surface area (TPSA) is 71.2 Å². The number of hydrogen-bond donors (Lipinski definition) is 2. The SMILES string of the molecule is O=S(=O)(c1ccccc1F)c1c[nH]c2c(OCC3CCCN3)cccc12. The van der Waals surface area contributed by atoms with Crippen molar-refractivity contribution in [1.29, 1.82) is 0 Å². The summed E-state index contributed by atoms with van der Waals surface area (Å²) in [6.07, 6.45) is 3.59. The third kappa shape index (κ3) is 2.97. The molecule has 0 radical (unpaired) electrons. The van der Waals surface area contributed by atoms with Crippen LogP contribution in [-0.2, 0) is 9.84 Å². The zero-order chi connectivity index (χ0) is 18.1. The molecule has 0 bridgehead atoms. The number of rotatable bonds is 5. The Morgan fingerprint density at radius 3 is 2.73 bits per heavy atom. The monoisotopic (exact) mass is 374 g/mol. The van der Waals surface area contributed by atoms with Crippen LogP contribution >= 0.6 is 0 Å². The van der Waals surface area contributed by atoms with E-state index in [2.05, 4.69) is 10.3 Å². The molecule has 136 valence electrons. The Hall–Kier alpha value is -2.38. The molecular formula is C19H19FN2O3S. The van der Waals surface area contributed by atoms with E-state index in [1.54, 1.807) is 18.2 Å². The van der Waals surface area contributed by atoms with Crippen molar-refractivity contribution in [2.24, 2.45) is 0 Å². The molecule has 1 unspecified atom stereocenters. The van der Waals surface area contributed by atoms with Gasteiger partial charge in [0.05, 0.1) is 10.4 Å². The molecule has 7 heteroatoms. The zero-order valence-electron chi connectivity index (χ0n) is 14.0. The molecule has 26 heavy (non-hydrogen) atoms. The molecule has 2 N–H and O–H groups in total. The van der Waals surface area contributed by atoms with E-state index in [1.165, 1.54) is 24.4 Å². The van der Waals surface area contributed by atoms with Gasteiger partial charge in [-0.05, 0) is 37.6 Å². The largest absolute Gasteiger partial charge is 0.490 e. The second-order valence-corrected chi connectivity index (χ2v) is 8.26. The first-order valence-corrected chi connectivity index (χ1v) is 10.0. The normalized spacial score (nSPS) is 17.7. The number of H-pyrrole nitrogens is 1. The number of aromatic nitrogens is 1. The van der Waals surface area contributed by atoms with E-state index in [0.29, 0.717) is 29.3 Å². The number of aromatic amines is 1. The Morgan fingerprint density at radius 2 is 1.96 bits per heavy atom. The number of benzene rings is 2. The van der Waals surface area contributed by atoms with Crippen LogP contribution in [0, 0.1) is 5.82 Å². The summed E-state index contributed by atoms with van der Waals surface area (Å²) in [6, 6.07) is 10.9. The van der Waals surface area contributed by atoms with Crippen LogP contribution in [0.5, 0.6) is 5.75 Å². The average molecular weight is 374 g/mol. The summed E-state index contributed by atoms with van der Waals surface area (Å²) < 4.78 is 45.7. The van der Waals surface area contributed by atoms with Gasteiger partial charge in [0.25, 0.3) is 0 Å². The summed E-state index contributed by atoms with van der Waals surface area (Å²) in [5.41, 5.74) is 0.598. The lowest BCUT2D eigenvalue weighted by Gasteiger charge is -2.12. The van der Waals surface area contributed by atoms with E-state index in [9.17, 15) is 12.8 Å². The van der Waals surface area contributed by atoms with Gasteiger partial charge in [-0.1, -0.05) is 24.3 Å². The Bertz CT molecular complexity index is 1040. The Kier molecular flexibility index (Phi) is 4.42. The molecular weight excluding hydrogens is 355 g/mol. The van der Waals surface area contributed by atoms with Gasteiger partial charge in [-0.2, -0.15) is 0 Å². The van der Waals surface area contributed by atoms with E-state index in [1.807, 2.05) is 0 Å². The highest BCUT2D eigenvalue weighted by Crippen LogP contribution is 2.33. The molecule has 1 aliphatic heterocycles. The molecule has 2 aromatic carbocycles. The van der Waals surface area contributed by atoms with E-state index in [0.717, 1.165) is 25.5 Å². The van der Waals surface area contributed by atoms with E-state index >= 15 is 0 Å². The number of para-hydroxylation sites is 1. The lowest BCUT2D eigenvalue weighted by atomic mass is 10.2. The summed E-state index contributed by atoms with van der Waals surface area (Å²) in [7, 11) is -3.97. The minimum Gasteiger partial charge on any atom is -0.490 e. The van der Waals surface area contributed by atoms with Gasteiger partial charge < -0.3 is 15.0 Å². The highest BCUT2D eigenvalue weighted by molar-refractivity contribution is 7.91. The van der Waals surface area contributed by atoms with Crippen LogP contribution in [0.1, 0.15) is 12.8 Å². The predicted molar refractivity (Wildman–Crippen MR) is 96.7 cm³/mol. The van der Waals surface area contributed by atoms with Gasteiger partial charge in [-0.25, -0.2) is 12.8 Å². The maximum absolute atomic E-state index is 14.0. The van der Waals surface area contributed by atoms with Crippen molar-refractivity contribution in [3.05, 3.63) is 54.5 Å². The van der Waals surface area contributed by atoms with Crippen molar-refractivity contribution >= 4 is 20.7 Å². The number of halogens is 1. The molecule has 1 saturated heterocycles. The van der Waals surface area contributed by atoms with Gasteiger partial charge in [0.15, 0.2) is 0 Å². The lowest BCUT2D eigenvalue weighted by Crippen LogP contribution is -2.28. The van der Waals surface area contributed by atoms with Crippen molar-refractivity contribution in [3.63, 3.8) is 0 Å². The van der Waals surface area contributed by atoms with Crippen LogP contribution in [0.3, 0.4) is 0 Å². The minimum absolute atomic E-state index is 0.0436. The van der Waals surface area contributed by atoms with Crippen molar-refractivity contribution in [1.82, 2.24) is 10.3 Å². The first-order valence-electron chi connectivity index (χ1n) is 8.53. The molecule has 1 atom stereocenters. The fraction of sp³-hybridized carbons (Fsp3) is 0.263. The van der Waals surface area contributed by atoms with E-state index in [4.69, 9.17) is 4.74 Å². The fourth-order valence-electron chi connectivity index (χ4n) is 3.31. The van der Waals surface area contributed by atoms with Crippen molar-refractivity contribution in [3.8, 4) is 5.75 Å². The number of sulfone groups is 1. The first-order chi connectivity index (χ1) is 12.6. The summed E-state index contributed by atoms with van der Waals surface area (Å²) in [4.78, 5) is 2.69. The van der Waals surface area contributed by atoms with Crippen LogP contribution in [-0.4, -0.2) is 32.6 Å². The van der Waals surface area contributed by atoms with Crippen molar-refractivity contribution < 1.29 is 17.5 Å².